The Labute approximate surface area is 220 Å². The van der Waals surface area contributed by atoms with Crippen LogP contribution in [0.5, 0.6) is 17.4 Å². The SMILES string of the molecule is O=C(Cc1cccnc1OC(F)(F)F)c1cc(OCc2ccccc2)c(OCc2ccccc2)c([N+](=O)[O-])c1. The summed E-state index contributed by atoms with van der Waals surface area (Å²) in [4.78, 5) is 28.0. The third-order valence-corrected chi connectivity index (χ3v) is 5.43. The largest absolute Gasteiger partial charge is 0.574 e. The standard InChI is InChI=1S/C28H21F3N2O6/c29-28(30,31)39-27-21(12-7-13-32-27)15-24(34)22-14-23(33(35)36)26(38-18-20-10-5-2-6-11-20)25(16-22)37-17-19-8-3-1-4-9-19/h1-14,16H,15,17-18H2. The number of carbonyl (C=O) groups excluding carboxylic acids is 1. The molecule has 8 nitrogen and oxygen atoms in total. The summed E-state index contributed by atoms with van der Waals surface area (Å²) in [5.41, 5.74) is 0.681. The second-order valence-corrected chi connectivity index (χ2v) is 8.24. The Morgan fingerprint density at radius 1 is 0.872 bits per heavy atom. The van der Waals surface area contributed by atoms with Crippen LogP contribution in [0, 0.1) is 10.1 Å². The normalized spacial score (nSPS) is 11.1. The number of Topliss-reactive ketones (excluding diaryl/α,β-unsaturated/α-hetero) is 1. The van der Waals surface area contributed by atoms with Crippen LogP contribution < -0.4 is 14.2 Å². The van der Waals surface area contributed by atoms with Gasteiger partial charge in [0.1, 0.15) is 13.2 Å². The highest BCUT2D eigenvalue weighted by molar-refractivity contribution is 5.99. The van der Waals surface area contributed by atoms with Crippen molar-refractivity contribution >= 4 is 11.5 Å². The van der Waals surface area contributed by atoms with E-state index in [9.17, 15) is 28.1 Å². The molecule has 1 aromatic heterocycles. The first kappa shape index (κ1) is 27.1. The quantitative estimate of drug-likeness (QED) is 0.123. The van der Waals surface area contributed by atoms with E-state index < -0.39 is 35.1 Å². The van der Waals surface area contributed by atoms with E-state index in [1.165, 1.54) is 18.2 Å². The number of hydrogen-bond acceptors (Lipinski definition) is 7. The molecule has 0 saturated heterocycles. The number of halogens is 3. The van der Waals surface area contributed by atoms with Gasteiger partial charge in [-0.1, -0.05) is 66.7 Å². The van der Waals surface area contributed by atoms with Crippen molar-refractivity contribution in [1.82, 2.24) is 4.98 Å². The molecule has 4 aromatic rings. The van der Waals surface area contributed by atoms with Crippen molar-refractivity contribution in [1.29, 1.82) is 0 Å². The number of hydrogen-bond donors (Lipinski definition) is 0. The fourth-order valence-electron chi connectivity index (χ4n) is 3.64. The molecule has 0 aliphatic rings. The number of carbonyl (C=O) groups is 1. The topological polar surface area (TPSA) is 101 Å². The zero-order chi connectivity index (χ0) is 27.8. The van der Waals surface area contributed by atoms with Gasteiger partial charge in [-0.2, -0.15) is 0 Å². The molecule has 0 fully saturated rings. The number of benzene rings is 3. The molecule has 0 saturated carbocycles. The van der Waals surface area contributed by atoms with Gasteiger partial charge in [-0.05, 0) is 23.3 Å². The van der Waals surface area contributed by atoms with Crippen LogP contribution in [0.2, 0.25) is 0 Å². The number of ether oxygens (including phenoxy) is 3. The van der Waals surface area contributed by atoms with Gasteiger partial charge in [0.2, 0.25) is 11.6 Å². The third-order valence-electron chi connectivity index (χ3n) is 5.43. The lowest BCUT2D eigenvalue weighted by Crippen LogP contribution is -2.19. The molecule has 1 heterocycles. The Hall–Kier alpha value is -4.93. The molecule has 3 aromatic carbocycles. The van der Waals surface area contributed by atoms with Crippen molar-refractivity contribution in [3.05, 3.63) is 123 Å². The minimum atomic E-state index is -5.01. The van der Waals surface area contributed by atoms with Gasteiger partial charge in [0, 0.05) is 29.8 Å². The molecule has 0 aliphatic carbocycles. The van der Waals surface area contributed by atoms with Gasteiger partial charge >= 0.3 is 12.0 Å². The lowest BCUT2D eigenvalue weighted by atomic mass is 10.0. The molecule has 0 atom stereocenters. The van der Waals surface area contributed by atoms with Crippen molar-refractivity contribution < 1.29 is 37.1 Å². The second-order valence-electron chi connectivity index (χ2n) is 8.24. The molecule has 200 valence electrons. The maximum atomic E-state index is 13.1. The molecule has 39 heavy (non-hydrogen) atoms. The highest BCUT2D eigenvalue weighted by atomic mass is 19.4. The number of nitro groups is 1. The predicted molar refractivity (Wildman–Crippen MR) is 134 cm³/mol. The van der Waals surface area contributed by atoms with E-state index in [1.54, 1.807) is 48.5 Å². The number of aromatic nitrogens is 1. The van der Waals surface area contributed by atoms with Crippen LogP contribution in [0.25, 0.3) is 0 Å². The van der Waals surface area contributed by atoms with Gasteiger partial charge in [-0.25, -0.2) is 4.98 Å². The zero-order valence-electron chi connectivity index (χ0n) is 20.3. The third kappa shape index (κ3) is 7.54. The molecule has 0 bridgehead atoms. The van der Waals surface area contributed by atoms with Crippen molar-refractivity contribution in [3.63, 3.8) is 0 Å². The first-order valence-electron chi connectivity index (χ1n) is 11.6. The smallest absolute Gasteiger partial charge is 0.485 e. The van der Waals surface area contributed by atoms with Crippen LogP contribution >= 0.6 is 0 Å². The zero-order valence-corrected chi connectivity index (χ0v) is 20.3. The summed E-state index contributed by atoms with van der Waals surface area (Å²) in [5.74, 6) is -1.74. The van der Waals surface area contributed by atoms with Gasteiger partial charge in [0.05, 0.1) is 4.92 Å². The molecule has 0 radical (unpaired) electrons. The summed E-state index contributed by atoms with van der Waals surface area (Å²) in [6.07, 6.45) is -4.48. The van der Waals surface area contributed by atoms with E-state index in [0.29, 0.717) is 0 Å². The Bertz CT molecular complexity index is 1450. The fourth-order valence-corrected chi connectivity index (χ4v) is 3.64. The predicted octanol–water partition coefficient (Wildman–Crippen LogP) is 6.47. The van der Waals surface area contributed by atoms with Gasteiger partial charge in [0.15, 0.2) is 11.5 Å². The molecule has 0 aliphatic heterocycles. The Morgan fingerprint density at radius 2 is 1.49 bits per heavy atom. The molecular weight excluding hydrogens is 517 g/mol. The van der Waals surface area contributed by atoms with E-state index in [2.05, 4.69) is 9.72 Å². The van der Waals surface area contributed by atoms with E-state index in [4.69, 9.17) is 9.47 Å². The van der Waals surface area contributed by atoms with Crippen LogP contribution in [-0.2, 0) is 19.6 Å². The Morgan fingerprint density at radius 3 is 2.08 bits per heavy atom. The molecule has 0 N–H and O–H groups in total. The molecular formula is C28H21F3N2O6. The second kappa shape index (κ2) is 12.1. The molecule has 0 unspecified atom stereocenters. The number of rotatable bonds is 11. The average molecular weight is 538 g/mol. The first-order valence-corrected chi connectivity index (χ1v) is 11.6. The van der Waals surface area contributed by atoms with Crippen molar-refractivity contribution in [3.8, 4) is 17.4 Å². The van der Waals surface area contributed by atoms with Gasteiger partial charge in [0.25, 0.3) is 0 Å². The number of nitrogens with zero attached hydrogens (tertiary/aromatic N) is 2. The summed E-state index contributed by atoms with van der Waals surface area (Å²) in [5, 5.41) is 12.0. The lowest BCUT2D eigenvalue weighted by Gasteiger charge is -2.15. The minimum Gasteiger partial charge on any atom is -0.485 e. The van der Waals surface area contributed by atoms with Gasteiger partial charge in [-0.3, -0.25) is 14.9 Å². The summed E-state index contributed by atoms with van der Waals surface area (Å²) in [6, 6.07) is 22.8. The molecule has 0 spiro atoms. The summed E-state index contributed by atoms with van der Waals surface area (Å²) >= 11 is 0. The van der Waals surface area contributed by atoms with Crippen molar-refractivity contribution in [2.45, 2.75) is 26.0 Å². The summed E-state index contributed by atoms with van der Waals surface area (Å²) in [7, 11) is 0. The Kier molecular flexibility index (Phi) is 8.40. The van der Waals surface area contributed by atoms with Gasteiger partial charge < -0.3 is 14.2 Å². The highest BCUT2D eigenvalue weighted by Crippen LogP contribution is 2.40. The molecule has 0 amide bonds. The monoisotopic (exact) mass is 538 g/mol. The summed E-state index contributed by atoms with van der Waals surface area (Å²) in [6.45, 7) is 0.00794. The number of alkyl halides is 3. The Balaban J connectivity index is 1.68. The number of ketones is 1. The van der Waals surface area contributed by atoms with Crippen LogP contribution in [0.3, 0.4) is 0 Å². The van der Waals surface area contributed by atoms with E-state index in [-0.39, 0.29) is 35.8 Å². The maximum Gasteiger partial charge on any atom is 0.574 e. The van der Waals surface area contributed by atoms with E-state index >= 15 is 0 Å². The van der Waals surface area contributed by atoms with Crippen LogP contribution in [0.4, 0.5) is 18.9 Å². The lowest BCUT2D eigenvalue weighted by molar-refractivity contribution is -0.386. The van der Waals surface area contributed by atoms with Crippen LogP contribution in [0.1, 0.15) is 27.0 Å². The number of pyridine rings is 1. The summed E-state index contributed by atoms with van der Waals surface area (Å²) < 4.78 is 53.9. The fraction of sp³-hybridized carbons (Fsp3) is 0.143. The van der Waals surface area contributed by atoms with Crippen LogP contribution in [0.15, 0.2) is 91.1 Å². The van der Waals surface area contributed by atoms with Crippen molar-refractivity contribution in [2.75, 3.05) is 0 Å². The van der Waals surface area contributed by atoms with E-state index in [1.807, 2.05) is 12.1 Å². The van der Waals surface area contributed by atoms with E-state index in [0.717, 1.165) is 23.4 Å². The number of nitro benzene ring substituents is 1. The van der Waals surface area contributed by atoms with Gasteiger partial charge in [-0.15, -0.1) is 13.2 Å². The average Bonchev–Trinajstić information content (AvgIpc) is 2.92. The van der Waals surface area contributed by atoms with Crippen LogP contribution in [-0.4, -0.2) is 22.1 Å². The first-order chi connectivity index (χ1) is 18.7. The minimum absolute atomic E-state index is 0.00943. The van der Waals surface area contributed by atoms with Crippen molar-refractivity contribution in [2.24, 2.45) is 0 Å². The highest BCUT2D eigenvalue weighted by Gasteiger charge is 2.33. The molecule has 4 rings (SSSR count). The molecule has 11 heteroatoms. The maximum absolute atomic E-state index is 13.1.